The molecule has 0 aliphatic heterocycles. The average Bonchev–Trinajstić information content (AvgIpc) is 3.21. The predicted molar refractivity (Wildman–Crippen MR) is 164 cm³/mol. The molecule has 0 radical (unpaired) electrons. The Morgan fingerprint density at radius 3 is 2.37 bits per heavy atom. The first-order valence-corrected chi connectivity index (χ1v) is 17.3. The minimum absolute atomic E-state index is 0.204. The molecular formula is C33H56O3S2. The molecule has 0 saturated heterocycles. The van der Waals surface area contributed by atoms with Crippen molar-refractivity contribution in [3.8, 4) is 0 Å². The summed E-state index contributed by atoms with van der Waals surface area (Å²) in [5.41, 5.74) is 1.03. The van der Waals surface area contributed by atoms with Crippen molar-refractivity contribution in [1.29, 1.82) is 0 Å². The van der Waals surface area contributed by atoms with E-state index in [0.717, 1.165) is 54.3 Å². The lowest BCUT2D eigenvalue weighted by atomic mass is 9.44. The molecule has 38 heavy (non-hydrogen) atoms. The fourth-order valence-electron chi connectivity index (χ4n) is 9.97. The quantitative estimate of drug-likeness (QED) is 0.206. The van der Waals surface area contributed by atoms with Crippen molar-refractivity contribution in [2.75, 3.05) is 6.61 Å². The molecular weight excluding hydrogens is 508 g/mol. The summed E-state index contributed by atoms with van der Waals surface area (Å²) < 4.78 is 11.9. The van der Waals surface area contributed by atoms with Gasteiger partial charge in [-0.2, -0.15) is 0 Å². The van der Waals surface area contributed by atoms with Gasteiger partial charge in [0.2, 0.25) is 4.38 Å². The number of ether oxygens (including phenoxy) is 2. The zero-order chi connectivity index (χ0) is 27.7. The van der Waals surface area contributed by atoms with Gasteiger partial charge >= 0.3 is 5.97 Å². The number of hydrogen-bond acceptors (Lipinski definition) is 5. The van der Waals surface area contributed by atoms with Gasteiger partial charge in [-0.15, -0.1) is 0 Å². The molecule has 5 heteroatoms. The summed E-state index contributed by atoms with van der Waals surface area (Å²) in [6.45, 7) is 16.8. The largest absolute Gasteiger partial charge is 0.475 e. The third-order valence-electron chi connectivity index (χ3n) is 12.0. The van der Waals surface area contributed by atoms with E-state index in [1.54, 1.807) is 0 Å². The molecule has 3 nitrogen and oxygen atoms in total. The van der Waals surface area contributed by atoms with Crippen LogP contribution in [0.5, 0.6) is 0 Å². The van der Waals surface area contributed by atoms with E-state index < -0.39 is 0 Å². The first kappa shape index (κ1) is 30.7. The van der Waals surface area contributed by atoms with Crippen LogP contribution in [-0.4, -0.2) is 28.3 Å². The second kappa shape index (κ2) is 12.7. The maximum absolute atomic E-state index is 12.0. The van der Waals surface area contributed by atoms with E-state index in [9.17, 15) is 4.79 Å². The normalized spacial score (nSPS) is 40.0. The second-order valence-electron chi connectivity index (χ2n) is 14.5. The van der Waals surface area contributed by atoms with Crippen molar-refractivity contribution >= 4 is 34.3 Å². The van der Waals surface area contributed by atoms with E-state index in [2.05, 4.69) is 34.6 Å². The van der Waals surface area contributed by atoms with Gasteiger partial charge in [-0.05, 0) is 136 Å². The fraction of sp³-hybridized carbons (Fsp3) is 0.939. The number of esters is 1. The Kier molecular flexibility index (Phi) is 10.2. The maximum atomic E-state index is 12.0. The number of carbonyl (C=O) groups excluding carboxylic acids is 1. The Morgan fingerprint density at radius 2 is 1.66 bits per heavy atom. The molecule has 4 fully saturated rings. The molecule has 0 aromatic heterocycles. The lowest BCUT2D eigenvalue weighted by Crippen LogP contribution is -2.54. The molecule has 0 bridgehead atoms. The van der Waals surface area contributed by atoms with Crippen molar-refractivity contribution in [2.45, 2.75) is 137 Å². The van der Waals surface area contributed by atoms with Crippen LogP contribution in [0.3, 0.4) is 0 Å². The Hall–Kier alpha value is -0.290. The van der Waals surface area contributed by atoms with Gasteiger partial charge in [-0.1, -0.05) is 65.6 Å². The standard InChI is InChI=1S/C33H56O3S2/c1-8-35-30(34)23(5)38-31(37)36-25-16-18-32(6)24(20-25)12-13-26-28-15-14-27(22(4)11-9-10-21(2)3)33(28,7)19-17-29(26)32/h21-29H,8-20H2,1-7H3/t22-,23?,24+,25+,26+,27-,28+,29+,32+,33-/m1/s1. The van der Waals surface area contributed by atoms with Crippen LogP contribution in [0.15, 0.2) is 0 Å². The van der Waals surface area contributed by atoms with Crippen molar-refractivity contribution in [2.24, 2.45) is 52.3 Å². The number of thiocarbonyl (C=S) groups is 1. The van der Waals surface area contributed by atoms with E-state index in [1.807, 2.05) is 13.8 Å². The van der Waals surface area contributed by atoms with Crippen molar-refractivity contribution in [3.05, 3.63) is 0 Å². The lowest BCUT2D eigenvalue weighted by molar-refractivity contribution is -0.142. The number of hydrogen-bond donors (Lipinski definition) is 0. The molecule has 0 amide bonds. The summed E-state index contributed by atoms with van der Waals surface area (Å²) in [4.78, 5) is 12.0. The molecule has 0 N–H and O–H groups in total. The molecule has 218 valence electrons. The Labute approximate surface area is 243 Å². The van der Waals surface area contributed by atoms with Crippen LogP contribution < -0.4 is 0 Å². The van der Waals surface area contributed by atoms with Gasteiger partial charge in [0.15, 0.2) is 0 Å². The summed E-state index contributed by atoms with van der Waals surface area (Å²) in [5.74, 6) is 5.96. The summed E-state index contributed by atoms with van der Waals surface area (Å²) >= 11 is 6.89. The predicted octanol–water partition coefficient (Wildman–Crippen LogP) is 9.46. The first-order chi connectivity index (χ1) is 18.0. The molecule has 4 saturated carbocycles. The average molecular weight is 565 g/mol. The van der Waals surface area contributed by atoms with Gasteiger partial charge in [0.25, 0.3) is 0 Å². The van der Waals surface area contributed by atoms with Crippen LogP contribution in [0, 0.1) is 52.3 Å². The Balaban J connectivity index is 1.34. The molecule has 4 aliphatic carbocycles. The summed E-state index contributed by atoms with van der Waals surface area (Å²) in [5, 5.41) is -0.309. The highest BCUT2D eigenvalue weighted by atomic mass is 32.2. The Morgan fingerprint density at radius 1 is 0.947 bits per heavy atom. The van der Waals surface area contributed by atoms with Gasteiger partial charge in [0.05, 0.1) is 6.61 Å². The molecule has 1 unspecified atom stereocenters. The molecule has 0 aromatic rings. The number of fused-ring (bicyclic) bond motifs is 5. The van der Waals surface area contributed by atoms with E-state index in [-0.39, 0.29) is 17.3 Å². The molecule has 0 heterocycles. The fourth-order valence-corrected chi connectivity index (χ4v) is 11.2. The van der Waals surface area contributed by atoms with Crippen LogP contribution in [-0.2, 0) is 14.3 Å². The smallest absolute Gasteiger partial charge is 0.319 e. The van der Waals surface area contributed by atoms with Crippen molar-refractivity contribution in [1.82, 2.24) is 0 Å². The van der Waals surface area contributed by atoms with Crippen LogP contribution in [0.4, 0.5) is 0 Å². The van der Waals surface area contributed by atoms with Crippen LogP contribution in [0.1, 0.15) is 126 Å². The zero-order valence-corrected chi connectivity index (χ0v) is 27.1. The monoisotopic (exact) mass is 564 g/mol. The second-order valence-corrected chi connectivity index (χ2v) is 16.4. The molecule has 4 rings (SSSR count). The number of rotatable bonds is 9. The minimum Gasteiger partial charge on any atom is -0.475 e. The van der Waals surface area contributed by atoms with E-state index in [1.165, 1.54) is 76.0 Å². The van der Waals surface area contributed by atoms with Gasteiger partial charge in [0.1, 0.15) is 11.4 Å². The van der Waals surface area contributed by atoms with E-state index in [0.29, 0.717) is 21.8 Å². The topological polar surface area (TPSA) is 35.5 Å². The van der Waals surface area contributed by atoms with Gasteiger partial charge < -0.3 is 9.47 Å². The van der Waals surface area contributed by atoms with E-state index in [4.69, 9.17) is 21.7 Å². The van der Waals surface area contributed by atoms with Crippen LogP contribution in [0.25, 0.3) is 0 Å². The zero-order valence-electron chi connectivity index (χ0n) is 25.4. The van der Waals surface area contributed by atoms with Gasteiger partial charge in [-0.3, -0.25) is 4.79 Å². The summed E-state index contributed by atoms with van der Waals surface area (Å²) in [7, 11) is 0. The maximum Gasteiger partial charge on any atom is 0.319 e. The third kappa shape index (κ3) is 6.29. The highest BCUT2D eigenvalue weighted by molar-refractivity contribution is 8.23. The first-order valence-electron chi connectivity index (χ1n) is 16.0. The lowest BCUT2D eigenvalue weighted by Gasteiger charge is -2.61. The molecule has 0 spiro atoms. The van der Waals surface area contributed by atoms with Crippen LogP contribution >= 0.6 is 24.0 Å². The summed E-state index contributed by atoms with van der Waals surface area (Å²) in [6.07, 6.45) is 16.6. The molecule has 4 aliphatic rings. The molecule has 0 aromatic carbocycles. The van der Waals surface area contributed by atoms with Crippen molar-refractivity contribution < 1.29 is 14.3 Å². The summed E-state index contributed by atoms with van der Waals surface area (Å²) in [6, 6.07) is 0. The van der Waals surface area contributed by atoms with Crippen molar-refractivity contribution in [3.63, 3.8) is 0 Å². The highest BCUT2D eigenvalue weighted by Gasteiger charge is 2.60. The highest BCUT2D eigenvalue weighted by Crippen LogP contribution is 2.68. The van der Waals surface area contributed by atoms with Crippen LogP contribution in [0.2, 0.25) is 0 Å². The van der Waals surface area contributed by atoms with E-state index >= 15 is 0 Å². The third-order valence-corrected chi connectivity index (χ3v) is 13.2. The Bertz CT molecular complexity index is 829. The van der Waals surface area contributed by atoms with Gasteiger partial charge in [-0.25, -0.2) is 0 Å². The van der Waals surface area contributed by atoms with Gasteiger partial charge in [0, 0.05) is 0 Å². The SMILES string of the molecule is CCOC(=O)C(C)SC(=S)O[C@H]1CC[C@@]2(C)[C@@H](CC[C@@H]3[C@@H]2CC[C@]2(C)[C@@H]([C@H](C)CCCC(C)C)CC[C@@H]32)C1. The molecule has 10 atom stereocenters. The minimum atomic E-state index is -0.309. The number of thioether (sulfide) groups is 1. The number of carbonyl (C=O) groups is 1.